The van der Waals surface area contributed by atoms with Gasteiger partial charge in [-0.1, -0.05) is 78.3 Å². The number of nitrogens with zero attached hydrogens (tertiary/aromatic N) is 1. The van der Waals surface area contributed by atoms with Crippen molar-refractivity contribution in [2.45, 2.75) is 23.6 Å². The van der Waals surface area contributed by atoms with Crippen molar-refractivity contribution in [3.05, 3.63) is 101 Å². The Bertz CT molecular complexity index is 1020. The Kier molecular flexibility index (Phi) is 5.05. The SMILES string of the molecule is CC(Sc1cn(Cc2ccccc2Cl)c2ccccc12)c1ccccc1. The number of fused-ring (bicyclic) bond motifs is 1. The maximum absolute atomic E-state index is 6.38. The lowest BCUT2D eigenvalue weighted by atomic mass is 10.2. The molecule has 26 heavy (non-hydrogen) atoms. The Morgan fingerprint density at radius 1 is 0.885 bits per heavy atom. The minimum absolute atomic E-state index is 0.399. The van der Waals surface area contributed by atoms with E-state index in [2.05, 4.69) is 78.4 Å². The number of hydrogen-bond donors (Lipinski definition) is 0. The molecule has 0 aliphatic carbocycles. The Labute approximate surface area is 163 Å². The number of aromatic nitrogens is 1. The summed E-state index contributed by atoms with van der Waals surface area (Å²) >= 11 is 8.29. The molecule has 0 spiro atoms. The molecular weight excluding hydrogens is 358 g/mol. The number of hydrogen-bond acceptors (Lipinski definition) is 1. The predicted molar refractivity (Wildman–Crippen MR) is 113 cm³/mol. The molecule has 0 N–H and O–H groups in total. The summed E-state index contributed by atoms with van der Waals surface area (Å²) in [5.74, 6) is 0. The highest BCUT2D eigenvalue weighted by atomic mass is 35.5. The summed E-state index contributed by atoms with van der Waals surface area (Å²) in [5, 5.41) is 2.51. The van der Waals surface area contributed by atoms with Crippen LogP contribution in [0.1, 0.15) is 23.3 Å². The Balaban J connectivity index is 1.69. The average Bonchev–Trinajstić information content (AvgIpc) is 3.02. The van der Waals surface area contributed by atoms with Gasteiger partial charge in [0.05, 0.1) is 0 Å². The fourth-order valence-corrected chi connectivity index (χ4v) is 4.59. The van der Waals surface area contributed by atoms with E-state index in [1.165, 1.54) is 21.4 Å². The smallest absolute Gasteiger partial charge is 0.0495 e. The van der Waals surface area contributed by atoms with Gasteiger partial charge in [-0.05, 0) is 30.2 Å². The first-order valence-corrected chi connectivity index (χ1v) is 10.0. The highest BCUT2D eigenvalue weighted by molar-refractivity contribution is 7.99. The third-order valence-electron chi connectivity index (χ3n) is 4.62. The van der Waals surface area contributed by atoms with Gasteiger partial charge in [0, 0.05) is 38.8 Å². The molecule has 1 heterocycles. The molecule has 3 aromatic carbocycles. The zero-order valence-electron chi connectivity index (χ0n) is 14.6. The molecule has 4 aromatic rings. The lowest BCUT2D eigenvalue weighted by Crippen LogP contribution is -1.98. The molecule has 1 atom stereocenters. The maximum Gasteiger partial charge on any atom is 0.0495 e. The largest absolute Gasteiger partial charge is 0.342 e. The summed E-state index contributed by atoms with van der Waals surface area (Å²) in [6.45, 7) is 3.04. The molecule has 130 valence electrons. The van der Waals surface area contributed by atoms with Crippen LogP contribution < -0.4 is 0 Å². The number of para-hydroxylation sites is 1. The number of thioether (sulfide) groups is 1. The minimum Gasteiger partial charge on any atom is -0.342 e. The second-order valence-electron chi connectivity index (χ2n) is 6.40. The van der Waals surface area contributed by atoms with Crippen LogP contribution in [0.15, 0.2) is 90.0 Å². The van der Waals surface area contributed by atoms with Gasteiger partial charge < -0.3 is 4.57 Å². The molecule has 1 unspecified atom stereocenters. The molecule has 0 saturated heterocycles. The van der Waals surface area contributed by atoms with Crippen LogP contribution in [0, 0.1) is 0 Å². The quantitative estimate of drug-likeness (QED) is 0.333. The van der Waals surface area contributed by atoms with Gasteiger partial charge in [0.2, 0.25) is 0 Å². The zero-order chi connectivity index (χ0) is 17.9. The average molecular weight is 378 g/mol. The zero-order valence-corrected chi connectivity index (χ0v) is 16.2. The van der Waals surface area contributed by atoms with Crippen LogP contribution in [-0.4, -0.2) is 4.57 Å². The van der Waals surface area contributed by atoms with Crippen LogP contribution in [-0.2, 0) is 6.54 Å². The number of benzene rings is 3. The topological polar surface area (TPSA) is 4.93 Å². The summed E-state index contributed by atoms with van der Waals surface area (Å²) < 4.78 is 2.30. The van der Waals surface area contributed by atoms with Crippen LogP contribution in [0.4, 0.5) is 0 Å². The van der Waals surface area contributed by atoms with E-state index in [0.29, 0.717) is 5.25 Å². The lowest BCUT2D eigenvalue weighted by Gasteiger charge is -2.10. The Morgan fingerprint density at radius 2 is 1.58 bits per heavy atom. The predicted octanol–water partition coefficient (Wildman–Crippen LogP) is 7.20. The molecule has 0 amide bonds. The molecule has 0 aliphatic rings. The van der Waals surface area contributed by atoms with Crippen LogP contribution in [0.3, 0.4) is 0 Å². The van der Waals surface area contributed by atoms with Crippen molar-refractivity contribution >= 4 is 34.3 Å². The van der Waals surface area contributed by atoms with Gasteiger partial charge in [0.15, 0.2) is 0 Å². The fraction of sp³-hybridized carbons (Fsp3) is 0.130. The maximum atomic E-state index is 6.38. The Hall–Kier alpha value is -2.16. The van der Waals surface area contributed by atoms with Crippen molar-refractivity contribution in [2.24, 2.45) is 0 Å². The van der Waals surface area contributed by atoms with Crippen LogP contribution in [0.2, 0.25) is 5.02 Å². The van der Waals surface area contributed by atoms with E-state index in [1.807, 2.05) is 30.0 Å². The van der Waals surface area contributed by atoms with Crippen molar-refractivity contribution in [3.63, 3.8) is 0 Å². The summed E-state index contributed by atoms with van der Waals surface area (Å²) in [7, 11) is 0. The van der Waals surface area contributed by atoms with Gasteiger partial charge >= 0.3 is 0 Å². The van der Waals surface area contributed by atoms with Gasteiger partial charge in [0.25, 0.3) is 0 Å². The van der Waals surface area contributed by atoms with Crippen molar-refractivity contribution in [2.75, 3.05) is 0 Å². The second-order valence-corrected chi connectivity index (χ2v) is 8.19. The molecule has 0 saturated carbocycles. The normalized spacial score (nSPS) is 12.4. The number of rotatable bonds is 5. The molecular formula is C23H20ClNS. The summed E-state index contributed by atoms with van der Waals surface area (Å²) in [5.41, 5.74) is 3.73. The minimum atomic E-state index is 0.399. The molecule has 0 radical (unpaired) electrons. The second kappa shape index (κ2) is 7.61. The fourth-order valence-electron chi connectivity index (χ4n) is 3.23. The molecule has 1 nitrogen and oxygen atoms in total. The van der Waals surface area contributed by atoms with Crippen molar-refractivity contribution in [1.82, 2.24) is 4.57 Å². The van der Waals surface area contributed by atoms with E-state index in [4.69, 9.17) is 11.6 Å². The van der Waals surface area contributed by atoms with Gasteiger partial charge in [-0.15, -0.1) is 11.8 Å². The van der Waals surface area contributed by atoms with Gasteiger partial charge in [-0.25, -0.2) is 0 Å². The number of halogens is 1. The van der Waals surface area contributed by atoms with Gasteiger partial charge in [-0.2, -0.15) is 0 Å². The first-order valence-electron chi connectivity index (χ1n) is 8.75. The van der Waals surface area contributed by atoms with Gasteiger partial charge in [0.1, 0.15) is 0 Å². The summed E-state index contributed by atoms with van der Waals surface area (Å²) in [6.07, 6.45) is 2.26. The summed E-state index contributed by atoms with van der Waals surface area (Å²) in [6, 6.07) is 27.3. The molecule has 0 fully saturated rings. The van der Waals surface area contributed by atoms with Crippen molar-refractivity contribution in [1.29, 1.82) is 0 Å². The van der Waals surface area contributed by atoms with E-state index < -0.39 is 0 Å². The first-order chi connectivity index (χ1) is 12.7. The molecule has 0 aliphatic heterocycles. The van der Waals surface area contributed by atoms with E-state index in [1.54, 1.807) is 0 Å². The van der Waals surface area contributed by atoms with Crippen LogP contribution in [0.25, 0.3) is 10.9 Å². The molecule has 4 rings (SSSR count). The van der Waals surface area contributed by atoms with Crippen molar-refractivity contribution < 1.29 is 0 Å². The molecule has 0 bridgehead atoms. The third-order valence-corrected chi connectivity index (χ3v) is 6.20. The van der Waals surface area contributed by atoms with E-state index >= 15 is 0 Å². The summed E-state index contributed by atoms with van der Waals surface area (Å²) in [4.78, 5) is 1.31. The van der Waals surface area contributed by atoms with Crippen molar-refractivity contribution in [3.8, 4) is 0 Å². The highest BCUT2D eigenvalue weighted by Gasteiger charge is 2.14. The van der Waals surface area contributed by atoms with Gasteiger partial charge in [-0.3, -0.25) is 0 Å². The van der Waals surface area contributed by atoms with Crippen LogP contribution in [0.5, 0.6) is 0 Å². The third kappa shape index (κ3) is 3.53. The monoisotopic (exact) mass is 377 g/mol. The van der Waals surface area contributed by atoms with E-state index in [0.717, 1.165) is 17.1 Å². The van der Waals surface area contributed by atoms with Crippen LogP contribution >= 0.6 is 23.4 Å². The molecule has 3 heteroatoms. The van der Waals surface area contributed by atoms with E-state index in [9.17, 15) is 0 Å². The lowest BCUT2D eigenvalue weighted by molar-refractivity contribution is 0.830. The van der Waals surface area contributed by atoms with E-state index in [-0.39, 0.29) is 0 Å². The first kappa shape index (κ1) is 17.3. The molecule has 1 aromatic heterocycles. The Morgan fingerprint density at radius 3 is 2.38 bits per heavy atom. The standard InChI is InChI=1S/C23H20ClNS/c1-17(18-9-3-2-4-10-18)26-23-16-25(22-14-8-6-12-20(22)23)15-19-11-5-7-13-21(19)24/h2-14,16-17H,15H2,1H3. The highest BCUT2D eigenvalue weighted by Crippen LogP contribution is 2.39.